The van der Waals surface area contributed by atoms with E-state index in [1.165, 1.54) is 23.1 Å². The van der Waals surface area contributed by atoms with Crippen LogP contribution in [0.1, 0.15) is 43.9 Å². The second-order valence-electron chi connectivity index (χ2n) is 8.62. The molecule has 2 aromatic carbocycles. The predicted octanol–water partition coefficient (Wildman–Crippen LogP) is 3.54. The minimum absolute atomic E-state index is 0.109. The van der Waals surface area contributed by atoms with Crippen LogP contribution in [0.4, 0.5) is 10.1 Å². The van der Waals surface area contributed by atoms with Crippen molar-refractivity contribution in [2.75, 3.05) is 17.1 Å². The van der Waals surface area contributed by atoms with Crippen LogP contribution in [0.5, 0.6) is 0 Å². The van der Waals surface area contributed by atoms with Gasteiger partial charge in [-0.05, 0) is 51.3 Å². The van der Waals surface area contributed by atoms with Crippen molar-refractivity contribution in [2.24, 2.45) is 0 Å². The van der Waals surface area contributed by atoms with E-state index in [2.05, 4.69) is 5.32 Å². The number of nitrogens with zero attached hydrogens (tertiary/aromatic N) is 2. The minimum atomic E-state index is -3.83. The highest BCUT2D eigenvalue weighted by Crippen LogP contribution is 2.27. The van der Waals surface area contributed by atoms with Crippen molar-refractivity contribution in [2.45, 2.75) is 59.7 Å². The lowest BCUT2D eigenvalue weighted by atomic mass is 10.1. The minimum Gasteiger partial charge on any atom is -0.352 e. The number of para-hydroxylation sites is 1. The zero-order chi connectivity index (χ0) is 25.6. The molecule has 0 aliphatic rings. The van der Waals surface area contributed by atoms with Crippen LogP contribution >= 0.6 is 0 Å². The van der Waals surface area contributed by atoms with Crippen molar-refractivity contribution < 1.29 is 22.4 Å². The van der Waals surface area contributed by atoms with E-state index in [-0.39, 0.29) is 18.2 Å². The van der Waals surface area contributed by atoms with Crippen LogP contribution in [0.3, 0.4) is 0 Å². The third-order valence-electron chi connectivity index (χ3n) is 5.83. The molecule has 2 rings (SSSR count). The molecule has 0 bridgehead atoms. The molecule has 2 amide bonds. The Morgan fingerprint density at radius 1 is 1.03 bits per heavy atom. The molecule has 9 heteroatoms. The summed E-state index contributed by atoms with van der Waals surface area (Å²) in [5.41, 5.74) is 2.04. The first-order valence-corrected chi connectivity index (χ1v) is 13.1. The van der Waals surface area contributed by atoms with Gasteiger partial charge in [0, 0.05) is 18.2 Å². The molecule has 1 N–H and O–H groups in total. The summed E-state index contributed by atoms with van der Waals surface area (Å²) in [5.74, 6) is -1.51. The van der Waals surface area contributed by atoms with E-state index < -0.39 is 40.2 Å². The van der Waals surface area contributed by atoms with Gasteiger partial charge in [-0.1, -0.05) is 43.3 Å². The number of carbonyl (C=O) groups is 2. The zero-order valence-corrected chi connectivity index (χ0v) is 21.4. The molecular weight excluding hydrogens is 457 g/mol. The summed E-state index contributed by atoms with van der Waals surface area (Å²) in [6, 6.07) is 10.3. The molecule has 0 radical (unpaired) electrons. The third kappa shape index (κ3) is 6.79. The fourth-order valence-electron chi connectivity index (χ4n) is 3.63. The first-order chi connectivity index (χ1) is 15.9. The van der Waals surface area contributed by atoms with Crippen molar-refractivity contribution in [3.8, 4) is 0 Å². The van der Waals surface area contributed by atoms with Crippen LogP contribution < -0.4 is 9.62 Å². The highest BCUT2D eigenvalue weighted by atomic mass is 32.2. The van der Waals surface area contributed by atoms with Gasteiger partial charge in [0.15, 0.2) is 0 Å². The number of halogens is 1. The first kappa shape index (κ1) is 27.3. The van der Waals surface area contributed by atoms with Gasteiger partial charge in [0.25, 0.3) is 0 Å². The molecule has 0 aromatic heterocycles. The Kier molecular flexibility index (Phi) is 9.21. The Morgan fingerprint density at radius 3 is 2.15 bits per heavy atom. The predicted molar refractivity (Wildman–Crippen MR) is 132 cm³/mol. The van der Waals surface area contributed by atoms with Crippen LogP contribution in [0, 0.1) is 19.7 Å². The van der Waals surface area contributed by atoms with Crippen molar-refractivity contribution in [3.05, 3.63) is 65.0 Å². The summed E-state index contributed by atoms with van der Waals surface area (Å²) >= 11 is 0. The number of hydrogen-bond acceptors (Lipinski definition) is 4. The Labute approximate surface area is 202 Å². The number of anilines is 1. The van der Waals surface area contributed by atoms with Crippen LogP contribution in [0.25, 0.3) is 0 Å². The summed E-state index contributed by atoms with van der Waals surface area (Å²) in [6.07, 6.45) is 1.74. The van der Waals surface area contributed by atoms with E-state index >= 15 is 0 Å². The van der Waals surface area contributed by atoms with Crippen molar-refractivity contribution in [1.29, 1.82) is 0 Å². The average Bonchev–Trinajstić information content (AvgIpc) is 2.76. The standard InChI is InChI=1S/C25H34FN3O4S/c1-7-19(4)27-25(31)20(5)28(15-21-13-8-9-14-22(21)26)23(30)16-29(34(6,32)33)24-17(2)11-10-12-18(24)3/h8-14,19-20H,7,15-16H2,1-6H3,(H,27,31)/t19-,20-/m1/s1. The van der Waals surface area contributed by atoms with Gasteiger partial charge in [-0.15, -0.1) is 0 Å². The van der Waals surface area contributed by atoms with Gasteiger partial charge in [-0.2, -0.15) is 0 Å². The second kappa shape index (κ2) is 11.5. The van der Waals surface area contributed by atoms with E-state index in [9.17, 15) is 22.4 Å². The molecule has 2 aromatic rings. The maximum absolute atomic E-state index is 14.4. The number of sulfonamides is 1. The van der Waals surface area contributed by atoms with Gasteiger partial charge < -0.3 is 10.2 Å². The van der Waals surface area contributed by atoms with E-state index in [1.54, 1.807) is 39.0 Å². The lowest BCUT2D eigenvalue weighted by molar-refractivity contribution is -0.139. The summed E-state index contributed by atoms with van der Waals surface area (Å²) < 4.78 is 40.9. The molecule has 0 spiro atoms. The Balaban J connectivity index is 2.46. The maximum atomic E-state index is 14.4. The van der Waals surface area contributed by atoms with Crippen LogP contribution in [-0.2, 0) is 26.2 Å². The molecule has 34 heavy (non-hydrogen) atoms. The Hall–Kier alpha value is -2.94. The third-order valence-corrected chi connectivity index (χ3v) is 6.95. The molecule has 0 aliphatic heterocycles. The fourth-order valence-corrected chi connectivity index (χ4v) is 4.60. The summed E-state index contributed by atoms with van der Waals surface area (Å²) in [5, 5.41) is 2.84. The van der Waals surface area contributed by atoms with E-state index in [1.807, 2.05) is 19.9 Å². The number of benzene rings is 2. The molecule has 0 saturated carbocycles. The number of nitrogens with one attached hydrogen (secondary N) is 1. The average molecular weight is 492 g/mol. The Bertz CT molecular complexity index is 1120. The van der Waals surface area contributed by atoms with Crippen LogP contribution in [-0.4, -0.2) is 50.0 Å². The topological polar surface area (TPSA) is 86.8 Å². The fraction of sp³-hybridized carbons (Fsp3) is 0.440. The normalized spacial score (nSPS) is 13.1. The Morgan fingerprint density at radius 2 is 1.62 bits per heavy atom. The molecule has 0 fully saturated rings. The molecule has 7 nitrogen and oxygen atoms in total. The van der Waals surface area contributed by atoms with Gasteiger partial charge in [-0.25, -0.2) is 12.8 Å². The summed E-state index contributed by atoms with van der Waals surface area (Å²) in [7, 11) is -3.83. The largest absolute Gasteiger partial charge is 0.352 e. The van der Waals surface area contributed by atoms with Gasteiger partial charge in [0.2, 0.25) is 21.8 Å². The van der Waals surface area contributed by atoms with Gasteiger partial charge in [0.1, 0.15) is 18.4 Å². The lowest BCUT2D eigenvalue weighted by Crippen LogP contribution is -2.52. The number of hydrogen-bond donors (Lipinski definition) is 1. The monoisotopic (exact) mass is 491 g/mol. The van der Waals surface area contributed by atoms with Gasteiger partial charge in [0.05, 0.1) is 11.9 Å². The maximum Gasteiger partial charge on any atom is 0.244 e. The number of amides is 2. The van der Waals surface area contributed by atoms with Crippen molar-refractivity contribution in [1.82, 2.24) is 10.2 Å². The van der Waals surface area contributed by atoms with Gasteiger partial charge >= 0.3 is 0 Å². The molecule has 0 aliphatic carbocycles. The highest BCUT2D eigenvalue weighted by molar-refractivity contribution is 7.92. The lowest BCUT2D eigenvalue weighted by Gasteiger charge is -2.32. The van der Waals surface area contributed by atoms with Crippen LogP contribution in [0.2, 0.25) is 0 Å². The molecule has 2 atom stereocenters. The second-order valence-corrected chi connectivity index (χ2v) is 10.5. The SMILES string of the molecule is CC[C@@H](C)NC(=O)[C@@H](C)N(Cc1ccccc1F)C(=O)CN(c1c(C)cccc1C)S(C)(=O)=O. The summed E-state index contributed by atoms with van der Waals surface area (Å²) in [6.45, 7) is 8.17. The van der Waals surface area contributed by atoms with E-state index in [0.717, 1.165) is 10.6 Å². The summed E-state index contributed by atoms with van der Waals surface area (Å²) in [4.78, 5) is 27.6. The molecule has 186 valence electrons. The first-order valence-electron chi connectivity index (χ1n) is 11.2. The molecular formula is C25H34FN3O4S. The molecule has 0 saturated heterocycles. The number of aryl methyl sites for hydroxylation is 2. The quantitative estimate of drug-likeness (QED) is 0.551. The number of rotatable bonds is 10. The van der Waals surface area contributed by atoms with Gasteiger partial charge in [-0.3, -0.25) is 13.9 Å². The molecule has 0 unspecified atom stereocenters. The highest BCUT2D eigenvalue weighted by Gasteiger charge is 2.31. The number of carbonyl (C=O) groups excluding carboxylic acids is 2. The van der Waals surface area contributed by atoms with E-state index in [0.29, 0.717) is 23.2 Å². The smallest absolute Gasteiger partial charge is 0.244 e. The molecule has 0 heterocycles. The van der Waals surface area contributed by atoms with E-state index in [4.69, 9.17) is 0 Å². The van der Waals surface area contributed by atoms with Crippen molar-refractivity contribution >= 4 is 27.5 Å². The zero-order valence-electron chi connectivity index (χ0n) is 20.6. The van der Waals surface area contributed by atoms with Crippen LogP contribution in [0.15, 0.2) is 42.5 Å². The van der Waals surface area contributed by atoms with Crippen molar-refractivity contribution in [3.63, 3.8) is 0 Å².